The normalized spacial score (nSPS) is 4.80. The van der Waals surface area contributed by atoms with Crippen LogP contribution in [0.2, 0.25) is 0 Å². The molecule has 0 aromatic heterocycles. The molecule has 0 spiro atoms. The average molecular weight is 235 g/mol. The predicted molar refractivity (Wildman–Crippen MR) is 18.6 cm³/mol. The van der Waals surface area contributed by atoms with Gasteiger partial charge in [0, 0.05) is 18.3 Å². The van der Waals surface area contributed by atoms with Gasteiger partial charge >= 0.3 is 39.5 Å². The summed E-state index contributed by atoms with van der Waals surface area (Å²) in [4.78, 5) is 34.1. The SMILES string of the molecule is O=[Si]([O-])[O-].O=[Si]([O-])[O-].[Mg+2].[Ni+2]. The van der Waals surface area contributed by atoms with E-state index in [9.17, 15) is 0 Å². The molecule has 0 N–H and O–H groups in total. The van der Waals surface area contributed by atoms with E-state index in [4.69, 9.17) is 28.1 Å². The van der Waals surface area contributed by atoms with Gasteiger partial charge in [0.25, 0.3) is 0 Å². The standard InChI is InChI=1S/Mg.Ni.2O3Si/c;;2*1-4(2)3/q2*+2;2*-2. The Bertz CT molecular complexity index is 73.7. The average Bonchev–Trinajstić information content (AvgIpc) is 1.25. The molecule has 0 radical (unpaired) electrons. The Morgan fingerprint density at radius 2 is 0.800 bits per heavy atom. The van der Waals surface area contributed by atoms with Crippen LogP contribution in [0, 0.1) is 0 Å². The Hall–Kier alpha value is 0.494. The fourth-order valence-electron chi connectivity index (χ4n) is 0. The molecule has 6 nitrogen and oxygen atoms in total. The monoisotopic (exact) mass is 234 g/mol. The summed E-state index contributed by atoms with van der Waals surface area (Å²) in [5, 5.41) is 0. The van der Waals surface area contributed by atoms with Crippen molar-refractivity contribution in [1.82, 2.24) is 0 Å². The summed E-state index contributed by atoms with van der Waals surface area (Å²) in [6, 6.07) is 0. The summed E-state index contributed by atoms with van der Waals surface area (Å²) < 4.78 is 17.0. The molecule has 0 unspecified atom stereocenters. The molecule has 0 aromatic carbocycles. The van der Waals surface area contributed by atoms with Crippen LogP contribution in [0.3, 0.4) is 0 Å². The molecule has 0 aliphatic heterocycles. The van der Waals surface area contributed by atoms with Crippen LogP contribution < -0.4 is 19.2 Å². The minimum absolute atomic E-state index is 0. The maximum atomic E-state index is 8.52. The molecule has 10 heavy (non-hydrogen) atoms. The van der Waals surface area contributed by atoms with Crippen molar-refractivity contribution in [1.29, 1.82) is 0 Å². The van der Waals surface area contributed by atoms with Crippen molar-refractivity contribution in [3.63, 3.8) is 0 Å². The van der Waals surface area contributed by atoms with E-state index in [0.717, 1.165) is 0 Å². The van der Waals surface area contributed by atoms with E-state index in [1.165, 1.54) is 0 Å². The number of hydrogen-bond donors (Lipinski definition) is 0. The Morgan fingerprint density at radius 3 is 0.800 bits per heavy atom. The van der Waals surface area contributed by atoms with Crippen molar-refractivity contribution in [3.05, 3.63) is 0 Å². The fraction of sp³-hybridized carbons (Fsp3) is 0. The third-order valence-electron chi connectivity index (χ3n) is 0. The molecule has 0 heterocycles. The molecule has 0 rings (SSSR count). The van der Waals surface area contributed by atoms with Gasteiger partial charge in [0.1, 0.15) is 0 Å². The van der Waals surface area contributed by atoms with E-state index in [0.29, 0.717) is 0 Å². The summed E-state index contributed by atoms with van der Waals surface area (Å²) >= 11 is 0. The Kier molecular flexibility index (Phi) is 36.4. The van der Waals surface area contributed by atoms with Gasteiger partial charge in [-0.05, 0) is 0 Å². The van der Waals surface area contributed by atoms with E-state index in [2.05, 4.69) is 0 Å². The van der Waals surface area contributed by atoms with Gasteiger partial charge in [-0.2, -0.15) is 0 Å². The van der Waals surface area contributed by atoms with Crippen molar-refractivity contribution in [2.24, 2.45) is 0 Å². The number of hydrogen-bond acceptors (Lipinski definition) is 6. The first-order valence-corrected chi connectivity index (χ1v) is 3.67. The van der Waals surface area contributed by atoms with E-state index < -0.39 is 18.3 Å². The first-order chi connectivity index (χ1) is 3.46. The maximum absolute atomic E-state index is 8.52. The van der Waals surface area contributed by atoms with Crippen molar-refractivity contribution in [2.45, 2.75) is 0 Å². The minimum atomic E-state index is -3.63. The van der Waals surface area contributed by atoms with Crippen LogP contribution in [0.4, 0.5) is 0 Å². The van der Waals surface area contributed by atoms with Crippen LogP contribution in [-0.4, -0.2) is 41.4 Å². The molecule has 0 bridgehead atoms. The Morgan fingerprint density at radius 1 is 0.800 bits per heavy atom. The molecule has 0 amide bonds. The summed E-state index contributed by atoms with van der Waals surface area (Å²) in [7, 11) is -7.26. The summed E-state index contributed by atoms with van der Waals surface area (Å²) in [6.07, 6.45) is 0. The third kappa shape index (κ3) is 1960. The second kappa shape index (κ2) is 16.2. The molecule has 0 saturated carbocycles. The van der Waals surface area contributed by atoms with Gasteiger partial charge in [0.2, 0.25) is 0 Å². The smallest absolute Gasteiger partial charge is 0.672 e. The molecule has 0 atom stereocenters. The van der Waals surface area contributed by atoms with Gasteiger partial charge in [0.05, 0.1) is 0 Å². The second-order valence-electron chi connectivity index (χ2n) is 0.500. The molecule has 0 aliphatic carbocycles. The Labute approximate surface area is 85.8 Å². The molecule has 0 saturated heterocycles. The maximum Gasteiger partial charge on any atom is 2.00 e. The molecule has 56 valence electrons. The van der Waals surface area contributed by atoms with Gasteiger partial charge in [-0.15, -0.1) is 0 Å². The molecule has 0 fully saturated rings. The van der Waals surface area contributed by atoms with Crippen LogP contribution >= 0.6 is 0 Å². The second-order valence-corrected chi connectivity index (χ2v) is 1.50. The number of rotatable bonds is 0. The molecule has 10 heteroatoms. The quantitative estimate of drug-likeness (QED) is 0.384. The predicted octanol–water partition coefficient (Wildman–Crippen LogP) is -6.14. The van der Waals surface area contributed by atoms with E-state index in [1.807, 2.05) is 0 Å². The van der Waals surface area contributed by atoms with Crippen LogP contribution in [-0.2, 0) is 25.4 Å². The van der Waals surface area contributed by atoms with Gasteiger partial charge in [-0.1, -0.05) is 0 Å². The molecule has 0 aromatic rings. The van der Waals surface area contributed by atoms with Crippen molar-refractivity contribution in [2.75, 3.05) is 0 Å². The van der Waals surface area contributed by atoms with Crippen molar-refractivity contribution >= 4 is 41.4 Å². The van der Waals surface area contributed by atoms with Crippen LogP contribution in [0.5, 0.6) is 0 Å². The summed E-state index contributed by atoms with van der Waals surface area (Å²) in [5.74, 6) is 0. The first kappa shape index (κ1) is 22.4. The van der Waals surface area contributed by atoms with Gasteiger partial charge in [0.15, 0.2) is 0 Å². The zero-order valence-corrected chi connectivity index (χ0v) is 8.87. The minimum Gasteiger partial charge on any atom is -0.672 e. The molecular formula is MgNiO6Si2. The Balaban J connectivity index is -0.0000000300. The van der Waals surface area contributed by atoms with Crippen LogP contribution in [0.15, 0.2) is 0 Å². The van der Waals surface area contributed by atoms with Gasteiger partial charge in [-0.25, -0.2) is 0 Å². The van der Waals surface area contributed by atoms with E-state index >= 15 is 0 Å². The zero-order valence-electron chi connectivity index (χ0n) is 4.47. The van der Waals surface area contributed by atoms with E-state index in [1.54, 1.807) is 0 Å². The summed E-state index contributed by atoms with van der Waals surface area (Å²) in [5.41, 5.74) is 0. The molecule has 0 aliphatic rings. The van der Waals surface area contributed by atoms with Crippen molar-refractivity contribution < 1.29 is 44.6 Å². The van der Waals surface area contributed by atoms with Crippen LogP contribution in [0.1, 0.15) is 0 Å². The first-order valence-electron chi connectivity index (χ1n) is 1.22. The van der Waals surface area contributed by atoms with Crippen LogP contribution in [0.25, 0.3) is 0 Å². The largest absolute Gasteiger partial charge is 2.00 e. The van der Waals surface area contributed by atoms with Crippen molar-refractivity contribution in [3.8, 4) is 0 Å². The topological polar surface area (TPSA) is 126 Å². The molecular weight excluding hydrogens is 235 g/mol. The third-order valence-corrected chi connectivity index (χ3v) is 0. The van der Waals surface area contributed by atoms with Gasteiger partial charge < -0.3 is 28.1 Å². The fourth-order valence-corrected chi connectivity index (χ4v) is 0. The van der Waals surface area contributed by atoms with E-state index in [-0.39, 0.29) is 39.5 Å². The van der Waals surface area contributed by atoms with Gasteiger partial charge in [-0.3, -0.25) is 0 Å². The summed E-state index contributed by atoms with van der Waals surface area (Å²) in [6.45, 7) is 0. The zero-order chi connectivity index (χ0) is 7.15.